The second-order valence-electron chi connectivity index (χ2n) is 6.34. The zero-order valence-corrected chi connectivity index (χ0v) is 12.0. The van der Waals surface area contributed by atoms with Gasteiger partial charge in [0.2, 0.25) is 0 Å². The molecule has 0 amide bonds. The molecule has 4 nitrogen and oxygen atoms in total. The molecule has 106 valence electrons. The van der Waals surface area contributed by atoms with Crippen LogP contribution in [0.25, 0.3) is 5.65 Å². The Hall–Kier alpha value is -1.55. The van der Waals surface area contributed by atoms with Gasteiger partial charge in [0.25, 0.3) is 0 Å². The van der Waals surface area contributed by atoms with Crippen molar-refractivity contribution in [3.8, 4) is 0 Å². The predicted molar refractivity (Wildman–Crippen MR) is 81.0 cm³/mol. The van der Waals surface area contributed by atoms with E-state index in [0.29, 0.717) is 0 Å². The maximum Gasteiger partial charge on any atom is 0.138 e. The fourth-order valence-corrected chi connectivity index (χ4v) is 4.03. The highest BCUT2D eigenvalue weighted by Gasteiger charge is 2.38. The number of aromatic nitrogens is 2. The predicted octanol–water partition coefficient (Wildman–Crippen LogP) is 2.62. The molecule has 4 rings (SSSR count). The van der Waals surface area contributed by atoms with E-state index in [1.54, 1.807) is 0 Å². The Morgan fingerprint density at radius 2 is 2.05 bits per heavy atom. The summed E-state index contributed by atoms with van der Waals surface area (Å²) in [6.45, 7) is 1.08. The molecular weight excluding hydrogens is 248 g/mol. The average molecular weight is 270 g/mol. The number of hydrogen-bond acceptors (Lipinski definition) is 3. The normalized spacial score (nSPS) is 29.9. The van der Waals surface area contributed by atoms with Crippen molar-refractivity contribution in [1.29, 1.82) is 0 Å². The van der Waals surface area contributed by atoms with Crippen LogP contribution < -0.4 is 5.32 Å². The molecule has 0 spiro atoms. The first kappa shape index (κ1) is 12.2. The highest BCUT2D eigenvalue weighted by atomic mass is 15.2. The molecule has 2 aromatic heterocycles. The Balaban J connectivity index is 1.45. The molecule has 0 aromatic carbocycles. The fraction of sp³-hybridized carbons (Fsp3) is 0.562. The Morgan fingerprint density at radius 1 is 1.25 bits per heavy atom. The molecule has 4 heteroatoms. The highest BCUT2D eigenvalue weighted by Crippen LogP contribution is 2.37. The summed E-state index contributed by atoms with van der Waals surface area (Å²) in [5.41, 5.74) is 1.01. The van der Waals surface area contributed by atoms with Crippen molar-refractivity contribution in [2.24, 2.45) is 5.92 Å². The first-order chi connectivity index (χ1) is 9.81. The summed E-state index contributed by atoms with van der Waals surface area (Å²) in [6.07, 6.45) is 9.37. The summed E-state index contributed by atoms with van der Waals surface area (Å²) in [5.74, 6) is 1.97. The number of nitrogens with one attached hydrogen (secondary N) is 1. The minimum Gasteiger partial charge on any atom is -0.371 e. The van der Waals surface area contributed by atoms with E-state index >= 15 is 0 Å². The van der Waals surface area contributed by atoms with Crippen LogP contribution in [0.3, 0.4) is 0 Å². The van der Waals surface area contributed by atoms with Gasteiger partial charge < -0.3 is 10.2 Å². The van der Waals surface area contributed by atoms with E-state index in [4.69, 9.17) is 0 Å². The van der Waals surface area contributed by atoms with Crippen molar-refractivity contribution in [2.75, 3.05) is 18.9 Å². The standard InChI is InChI=1S/C16H22N4/c1-19-13-5-6-14(19)10-12(9-13)11-18-16-4-2-3-15-17-7-8-20(15)16/h2-4,7-8,12-14,18H,5-6,9-11H2,1H3. The summed E-state index contributed by atoms with van der Waals surface area (Å²) in [6, 6.07) is 7.90. The smallest absolute Gasteiger partial charge is 0.138 e. The molecule has 20 heavy (non-hydrogen) atoms. The van der Waals surface area contributed by atoms with Crippen LogP contribution in [-0.4, -0.2) is 40.0 Å². The third-order valence-corrected chi connectivity index (χ3v) is 5.20. The first-order valence-corrected chi connectivity index (χ1v) is 7.69. The third-order valence-electron chi connectivity index (χ3n) is 5.20. The minimum absolute atomic E-state index is 0.808. The summed E-state index contributed by atoms with van der Waals surface area (Å²) in [7, 11) is 2.30. The molecule has 0 saturated carbocycles. The van der Waals surface area contributed by atoms with Crippen molar-refractivity contribution in [3.63, 3.8) is 0 Å². The summed E-state index contributed by atoms with van der Waals surface area (Å²) < 4.78 is 2.13. The quantitative estimate of drug-likeness (QED) is 0.930. The summed E-state index contributed by atoms with van der Waals surface area (Å²) in [4.78, 5) is 6.94. The van der Waals surface area contributed by atoms with E-state index in [0.717, 1.165) is 36.0 Å². The Labute approximate surface area is 119 Å². The van der Waals surface area contributed by atoms with Gasteiger partial charge in [0.1, 0.15) is 11.5 Å². The zero-order chi connectivity index (χ0) is 13.5. The molecule has 2 unspecified atom stereocenters. The number of imidazole rings is 1. The van der Waals surface area contributed by atoms with Crippen molar-refractivity contribution in [3.05, 3.63) is 30.6 Å². The van der Waals surface area contributed by atoms with Gasteiger partial charge in [-0.05, 0) is 50.8 Å². The fourth-order valence-electron chi connectivity index (χ4n) is 4.03. The topological polar surface area (TPSA) is 32.6 Å². The van der Waals surface area contributed by atoms with Crippen LogP contribution >= 0.6 is 0 Å². The second kappa shape index (κ2) is 4.77. The molecule has 2 aromatic rings. The van der Waals surface area contributed by atoms with Crippen LogP contribution in [0, 0.1) is 5.92 Å². The van der Waals surface area contributed by atoms with E-state index in [1.807, 2.05) is 18.5 Å². The van der Waals surface area contributed by atoms with Crippen LogP contribution in [-0.2, 0) is 0 Å². The maximum absolute atomic E-state index is 4.33. The molecular formula is C16H22N4. The number of hydrogen-bond donors (Lipinski definition) is 1. The van der Waals surface area contributed by atoms with Gasteiger partial charge in [-0.1, -0.05) is 6.07 Å². The molecule has 2 saturated heterocycles. The number of rotatable bonds is 3. The molecule has 0 radical (unpaired) electrons. The summed E-state index contributed by atoms with van der Waals surface area (Å²) >= 11 is 0. The molecule has 4 heterocycles. The van der Waals surface area contributed by atoms with E-state index in [9.17, 15) is 0 Å². The van der Waals surface area contributed by atoms with Crippen LogP contribution in [0.5, 0.6) is 0 Å². The average Bonchev–Trinajstić information content (AvgIpc) is 2.99. The van der Waals surface area contributed by atoms with E-state index in [1.165, 1.54) is 25.7 Å². The molecule has 2 atom stereocenters. The zero-order valence-electron chi connectivity index (χ0n) is 12.0. The lowest BCUT2D eigenvalue weighted by Gasteiger charge is -2.36. The minimum atomic E-state index is 0.808. The van der Waals surface area contributed by atoms with Crippen LogP contribution in [0.4, 0.5) is 5.82 Å². The lowest BCUT2D eigenvalue weighted by atomic mass is 9.91. The number of nitrogens with zero attached hydrogens (tertiary/aromatic N) is 3. The first-order valence-electron chi connectivity index (χ1n) is 7.69. The van der Waals surface area contributed by atoms with Crippen molar-refractivity contribution >= 4 is 11.5 Å². The van der Waals surface area contributed by atoms with E-state index in [2.05, 4.69) is 38.8 Å². The Kier molecular flexibility index (Phi) is 2.91. The molecule has 1 N–H and O–H groups in total. The van der Waals surface area contributed by atoms with Gasteiger partial charge in [0.15, 0.2) is 0 Å². The lowest BCUT2D eigenvalue weighted by Crippen LogP contribution is -2.41. The van der Waals surface area contributed by atoms with Crippen LogP contribution in [0.15, 0.2) is 30.6 Å². The Bertz CT molecular complexity index is 591. The highest BCUT2D eigenvalue weighted by molar-refractivity contribution is 5.49. The Morgan fingerprint density at radius 3 is 2.85 bits per heavy atom. The number of pyridine rings is 1. The van der Waals surface area contributed by atoms with Gasteiger partial charge in [-0.25, -0.2) is 4.98 Å². The van der Waals surface area contributed by atoms with Gasteiger partial charge in [0.05, 0.1) is 0 Å². The SMILES string of the molecule is CN1C2CCC1CC(CNc1cccc3nccn13)C2. The van der Waals surface area contributed by atoms with Gasteiger partial charge in [-0.3, -0.25) is 4.40 Å². The lowest BCUT2D eigenvalue weighted by molar-refractivity contribution is 0.139. The molecule has 2 aliphatic rings. The van der Waals surface area contributed by atoms with Gasteiger partial charge >= 0.3 is 0 Å². The molecule has 0 aliphatic carbocycles. The molecule has 2 bridgehead atoms. The maximum atomic E-state index is 4.33. The van der Waals surface area contributed by atoms with Crippen molar-refractivity contribution in [1.82, 2.24) is 14.3 Å². The third kappa shape index (κ3) is 1.99. The van der Waals surface area contributed by atoms with Crippen molar-refractivity contribution in [2.45, 2.75) is 37.8 Å². The number of fused-ring (bicyclic) bond motifs is 3. The number of piperidine rings is 1. The van der Waals surface area contributed by atoms with E-state index < -0.39 is 0 Å². The van der Waals surface area contributed by atoms with Gasteiger partial charge in [-0.15, -0.1) is 0 Å². The van der Waals surface area contributed by atoms with E-state index in [-0.39, 0.29) is 0 Å². The van der Waals surface area contributed by atoms with Crippen LogP contribution in [0.1, 0.15) is 25.7 Å². The molecule has 2 aliphatic heterocycles. The van der Waals surface area contributed by atoms with Crippen molar-refractivity contribution < 1.29 is 0 Å². The van der Waals surface area contributed by atoms with Gasteiger partial charge in [0, 0.05) is 31.0 Å². The molecule has 2 fully saturated rings. The monoisotopic (exact) mass is 270 g/mol. The second-order valence-corrected chi connectivity index (χ2v) is 6.34. The summed E-state index contributed by atoms with van der Waals surface area (Å²) in [5, 5.41) is 3.63. The number of anilines is 1. The largest absolute Gasteiger partial charge is 0.371 e. The van der Waals surface area contributed by atoms with Gasteiger partial charge in [-0.2, -0.15) is 0 Å². The van der Waals surface area contributed by atoms with Crippen LogP contribution in [0.2, 0.25) is 0 Å².